The van der Waals surface area contributed by atoms with Crippen LogP contribution >= 0.6 is 23.4 Å². The van der Waals surface area contributed by atoms with E-state index in [1.54, 1.807) is 18.3 Å². The molecule has 5 heteroatoms. The molecule has 1 N–H and O–H groups in total. The van der Waals surface area contributed by atoms with E-state index in [0.717, 1.165) is 10.5 Å². The second-order valence-electron chi connectivity index (χ2n) is 3.95. The molecule has 0 aliphatic rings. The number of hydrogen-bond donors (Lipinski definition) is 1. The Labute approximate surface area is 127 Å². The molecular formula is C15H13ClN2OS. The number of hydrazone groups is 1. The van der Waals surface area contributed by atoms with Crippen LogP contribution in [0.25, 0.3) is 0 Å². The third-order valence-corrected chi connectivity index (χ3v) is 3.65. The van der Waals surface area contributed by atoms with Crippen LogP contribution in [0.3, 0.4) is 0 Å². The molecule has 102 valence electrons. The van der Waals surface area contributed by atoms with Gasteiger partial charge in [0.2, 0.25) is 5.91 Å². The zero-order chi connectivity index (χ0) is 14.2. The summed E-state index contributed by atoms with van der Waals surface area (Å²) in [6.07, 6.45) is 1.62. The topological polar surface area (TPSA) is 41.5 Å². The van der Waals surface area contributed by atoms with Gasteiger partial charge >= 0.3 is 0 Å². The van der Waals surface area contributed by atoms with Crippen molar-refractivity contribution >= 4 is 35.5 Å². The number of carbonyl (C=O) groups is 1. The largest absolute Gasteiger partial charge is 0.272 e. The van der Waals surface area contributed by atoms with Crippen LogP contribution in [0.4, 0.5) is 0 Å². The van der Waals surface area contributed by atoms with Crippen LogP contribution in [-0.4, -0.2) is 17.9 Å². The molecule has 0 radical (unpaired) electrons. The zero-order valence-electron chi connectivity index (χ0n) is 10.6. The van der Waals surface area contributed by atoms with E-state index in [2.05, 4.69) is 10.5 Å². The Morgan fingerprint density at radius 1 is 1.15 bits per heavy atom. The molecule has 2 aromatic carbocycles. The highest BCUT2D eigenvalue weighted by Gasteiger charge is 2.01. The summed E-state index contributed by atoms with van der Waals surface area (Å²) in [6.45, 7) is 0. The average Bonchev–Trinajstić information content (AvgIpc) is 2.48. The van der Waals surface area contributed by atoms with Gasteiger partial charge in [-0.05, 0) is 29.8 Å². The predicted octanol–water partition coefficient (Wildman–Crippen LogP) is 3.58. The van der Waals surface area contributed by atoms with E-state index in [0.29, 0.717) is 10.8 Å². The van der Waals surface area contributed by atoms with Gasteiger partial charge in [0, 0.05) is 9.92 Å². The number of thioether (sulfide) groups is 1. The molecule has 0 aromatic heterocycles. The lowest BCUT2D eigenvalue weighted by Gasteiger charge is -2.01. The van der Waals surface area contributed by atoms with Crippen molar-refractivity contribution in [3.63, 3.8) is 0 Å². The third-order valence-electron chi connectivity index (χ3n) is 2.39. The molecule has 0 spiro atoms. The first-order valence-corrected chi connectivity index (χ1v) is 7.36. The maximum atomic E-state index is 11.6. The van der Waals surface area contributed by atoms with Crippen LogP contribution in [0.15, 0.2) is 64.6 Å². The van der Waals surface area contributed by atoms with Gasteiger partial charge in [-0.3, -0.25) is 4.79 Å². The Kier molecular flexibility index (Phi) is 5.65. The molecule has 20 heavy (non-hydrogen) atoms. The number of benzene rings is 2. The molecule has 0 aliphatic heterocycles. The maximum Gasteiger partial charge on any atom is 0.250 e. The first-order chi connectivity index (χ1) is 9.74. The minimum absolute atomic E-state index is 0.142. The quantitative estimate of drug-likeness (QED) is 0.521. The van der Waals surface area contributed by atoms with Gasteiger partial charge in [-0.1, -0.05) is 41.9 Å². The molecule has 0 heterocycles. The van der Waals surface area contributed by atoms with Gasteiger partial charge in [-0.2, -0.15) is 5.10 Å². The summed E-state index contributed by atoms with van der Waals surface area (Å²) in [6, 6.07) is 17.0. The zero-order valence-corrected chi connectivity index (χ0v) is 12.2. The summed E-state index contributed by atoms with van der Waals surface area (Å²) in [5.74, 6) is 0.172. The fraction of sp³-hybridized carbons (Fsp3) is 0.0667. The number of nitrogens with zero attached hydrogens (tertiary/aromatic N) is 1. The highest BCUT2D eigenvalue weighted by atomic mass is 35.5. The lowest BCUT2D eigenvalue weighted by molar-refractivity contribution is -0.118. The number of hydrogen-bond acceptors (Lipinski definition) is 3. The van der Waals surface area contributed by atoms with Crippen molar-refractivity contribution in [1.82, 2.24) is 5.43 Å². The van der Waals surface area contributed by atoms with Gasteiger partial charge in [0.05, 0.1) is 12.0 Å². The molecule has 0 unspecified atom stereocenters. The van der Waals surface area contributed by atoms with Crippen molar-refractivity contribution < 1.29 is 4.79 Å². The SMILES string of the molecule is O=C(CSc1ccc(Cl)cc1)NN=Cc1ccccc1. The standard InChI is InChI=1S/C15H13ClN2OS/c16-13-6-8-14(9-7-13)20-11-15(19)18-17-10-12-4-2-1-3-5-12/h1-10H,11H2,(H,18,19). The number of amides is 1. The lowest BCUT2D eigenvalue weighted by atomic mass is 10.2. The number of nitrogens with one attached hydrogen (secondary N) is 1. The van der Waals surface area contributed by atoms with Crippen LogP contribution in [0.2, 0.25) is 5.02 Å². The van der Waals surface area contributed by atoms with Crippen LogP contribution < -0.4 is 5.43 Å². The first-order valence-electron chi connectivity index (χ1n) is 5.99. The van der Waals surface area contributed by atoms with E-state index in [1.165, 1.54) is 11.8 Å². The molecule has 0 fully saturated rings. The summed E-state index contributed by atoms with van der Waals surface area (Å²) in [5, 5.41) is 4.60. The molecule has 0 saturated heterocycles. The highest BCUT2D eigenvalue weighted by Crippen LogP contribution is 2.19. The van der Waals surface area contributed by atoms with Gasteiger partial charge < -0.3 is 0 Å². The third kappa shape index (κ3) is 5.07. The van der Waals surface area contributed by atoms with Gasteiger partial charge in [-0.25, -0.2) is 5.43 Å². The average molecular weight is 305 g/mol. The Balaban J connectivity index is 1.76. The Morgan fingerprint density at radius 2 is 1.85 bits per heavy atom. The molecule has 0 bridgehead atoms. The number of rotatable bonds is 5. The summed E-state index contributed by atoms with van der Waals surface area (Å²) in [4.78, 5) is 12.6. The van der Waals surface area contributed by atoms with Crippen molar-refractivity contribution in [3.8, 4) is 0 Å². The first kappa shape index (κ1) is 14.6. The van der Waals surface area contributed by atoms with Gasteiger partial charge in [0.1, 0.15) is 0 Å². The van der Waals surface area contributed by atoms with Gasteiger partial charge in [0.15, 0.2) is 0 Å². The van der Waals surface area contributed by atoms with Crippen molar-refractivity contribution in [2.24, 2.45) is 5.10 Å². The van der Waals surface area contributed by atoms with E-state index in [9.17, 15) is 4.79 Å². The van der Waals surface area contributed by atoms with Crippen molar-refractivity contribution in [2.45, 2.75) is 4.90 Å². The minimum atomic E-state index is -0.142. The molecule has 3 nitrogen and oxygen atoms in total. The van der Waals surface area contributed by atoms with Gasteiger partial charge in [0.25, 0.3) is 0 Å². The Hall–Kier alpha value is -1.78. The summed E-state index contributed by atoms with van der Waals surface area (Å²) in [5.41, 5.74) is 3.44. The second kappa shape index (κ2) is 7.72. The smallest absolute Gasteiger partial charge is 0.250 e. The van der Waals surface area contributed by atoms with Crippen molar-refractivity contribution in [3.05, 3.63) is 65.2 Å². The lowest BCUT2D eigenvalue weighted by Crippen LogP contribution is -2.19. The van der Waals surface area contributed by atoms with Crippen LogP contribution in [-0.2, 0) is 4.79 Å². The molecule has 0 aliphatic carbocycles. The van der Waals surface area contributed by atoms with E-state index in [-0.39, 0.29) is 5.91 Å². The highest BCUT2D eigenvalue weighted by molar-refractivity contribution is 8.00. The maximum absolute atomic E-state index is 11.6. The summed E-state index contributed by atoms with van der Waals surface area (Å²) in [7, 11) is 0. The molecule has 2 rings (SSSR count). The molecular weight excluding hydrogens is 292 g/mol. The Bertz CT molecular complexity index is 585. The van der Waals surface area contributed by atoms with E-state index >= 15 is 0 Å². The molecule has 0 saturated carbocycles. The fourth-order valence-electron chi connectivity index (χ4n) is 1.43. The number of carbonyl (C=O) groups excluding carboxylic acids is 1. The molecule has 1 amide bonds. The molecule has 0 atom stereocenters. The van der Waals surface area contributed by atoms with Crippen LogP contribution in [0.5, 0.6) is 0 Å². The van der Waals surface area contributed by atoms with E-state index in [4.69, 9.17) is 11.6 Å². The van der Waals surface area contributed by atoms with Crippen LogP contribution in [0.1, 0.15) is 5.56 Å². The normalized spacial score (nSPS) is 10.7. The van der Waals surface area contributed by atoms with Crippen molar-refractivity contribution in [2.75, 3.05) is 5.75 Å². The van der Waals surface area contributed by atoms with E-state index in [1.807, 2.05) is 42.5 Å². The number of halogens is 1. The molecule has 2 aromatic rings. The van der Waals surface area contributed by atoms with Crippen molar-refractivity contribution in [1.29, 1.82) is 0 Å². The monoisotopic (exact) mass is 304 g/mol. The summed E-state index contributed by atoms with van der Waals surface area (Å²) < 4.78 is 0. The fourth-order valence-corrected chi connectivity index (χ4v) is 2.25. The van der Waals surface area contributed by atoms with Crippen LogP contribution in [0, 0.1) is 0 Å². The van der Waals surface area contributed by atoms with E-state index < -0.39 is 0 Å². The minimum Gasteiger partial charge on any atom is -0.272 e. The Morgan fingerprint density at radius 3 is 2.55 bits per heavy atom. The second-order valence-corrected chi connectivity index (χ2v) is 5.43. The predicted molar refractivity (Wildman–Crippen MR) is 84.4 cm³/mol. The summed E-state index contributed by atoms with van der Waals surface area (Å²) >= 11 is 7.23. The van der Waals surface area contributed by atoms with Gasteiger partial charge in [-0.15, -0.1) is 11.8 Å².